The lowest BCUT2D eigenvalue weighted by Crippen LogP contribution is -2.45. The number of hydrogen-bond donors (Lipinski definition) is 3. The van der Waals surface area contributed by atoms with Crippen molar-refractivity contribution in [2.75, 3.05) is 13.6 Å². The minimum Gasteiger partial charge on any atom is -0.434 e. The molecule has 0 spiro atoms. The summed E-state index contributed by atoms with van der Waals surface area (Å²) in [7, 11) is 1.58. The third-order valence-corrected chi connectivity index (χ3v) is 4.25. The Kier molecular flexibility index (Phi) is 11.0. The van der Waals surface area contributed by atoms with Crippen molar-refractivity contribution in [3.8, 4) is 5.75 Å². The van der Waals surface area contributed by atoms with Crippen molar-refractivity contribution in [3.63, 3.8) is 0 Å². The predicted molar refractivity (Wildman–Crippen MR) is 112 cm³/mol. The van der Waals surface area contributed by atoms with E-state index in [4.69, 9.17) is 0 Å². The first-order valence-electron chi connectivity index (χ1n) is 8.85. The van der Waals surface area contributed by atoms with Crippen molar-refractivity contribution in [3.05, 3.63) is 29.8 Å². The van der Waals surface area contributed by atoms with Crippen LogP contribution in [0.5, 0.6) is 5.75 Å². The summed E-state index contributed by atoms with van der Waals surface area (Å²) in [5, 5.41) is 8.93. The summed E-state index contributed by atoms with van der Waals surface area (Å²) >= 11 is 0. The molecule has 1 aromatic rings. The summed E-state index contributed by atoms with van der Waals surface area (Å²) in [6, 6.07) is 6.80. The molecule has 1 aliphatic carbocycles. The van der Waals surface area contributed by atoms with Gasteiger partial charge in [0, 0.05) is 25.2 Å². The second-order valence-electron chi connectivity index (χ2n) is 6.17. The molecule has 0 aliphatic heterocycles. The van der Waals surface area contributed by atoms with Crippen molar-refractivity contribution in [1.29, 1.82) is 0 Å². The Morgan fingerprint density at radius 1 is 1.22 bits per heavy atom. The van der Waals surface area contributed by atoms with Crippen LogP contribution in [0.1, 0.15) is 37.7 Å². The Hall–Kier alpha value is -1.65. The van der Waals surface area contributed by atoms with E-state index in [2.05, 4.69) is 25.7 Å². The van der Waals surface area contributed by atoms with Gasteiger partial charge in [0.2, 0.25) is 5.91 Å². The number of alkyl halides is 2. The largest absolute Gasteiger partial charge is 0.434 e. The zero-order valence-corrected chi connectivity index (χ0v) is 17.7. The molecule has 3 N–H and O–H groups in total. The van der Waals surface area contributed by atoms with Gasteiger partial charge in [0.1, 0.15) is 5.75 Å². The number of benzene rings is 1. The van der Waals surface area contributed by atoms with E-state index in [0.29, 0.717) is 11.5 Å². The predicted octanol–water partition coefficient (Wildman–Crippen LogP) is 3.02. The highest BCUT2D eigenvalue weighted by atomic mass is 127. The second kappa shape index (κ2) is 12.7. The molecule has 1 aliphatic rings. The maximum Gasteiger partial charge on any atom is 0.387 e. The van der Waals surface area contributed by atoms with E-state index in [1.807, 2.05) is 0 Å². The molecule has 0 heterocycles. The normalized spacial score (nSPS) is 15.0. The standard InChI is InChI=1S/C18H26F2N4O2.HI/c1-21-18(23-12-16(25)24-14-8-3-2-4-9-14)22-11-13-7-5-6-10-15(13)26-17(19)20;/h5-7,10,14,17H,2-4,8-9,11-12H2,1H3,(H,24,25)(H2,21,22,23);1H. The van der Waals surface area contributed by atoms with Crippen LogP contribution in [0.4, 0.5) is 8.78 Å². The monoisotopic (exact) mass is 496 g/mol. The summed E-state index contributed by atoms with van der Waals surface area (Å²) in [5.41, 5.74) is 0.572. The first-order valence-corrected chi connectivity index (χ1v) is 8.85. The Morgan fingerprint density at radius 3 is 2.59 bits per heavy atom. The molecule has 6 nitrogen and oxygen atoms in total. The fourth-order valence-corrected chi connectivity index (χ4v) is 2.95. The van der Waals surface area contributed by atoms with Crippen LogP contribution in [-0.4, -0.2) is 38.1 Å². The number of guanidine groups is 1. The minimum atomic E-state index is -2.88. The van der Waals surface area contributed by atoms with Gasteiger partial charge < -0.3 is 20.7 Å². The number of para-hydroxylation sites is 1. The van der Waals surface area contributed by atoms with Gasteiger partial charge >= 0.3 is 6.61 Å². The van der Waals surface area contributed by atoms with Gasteiger partial charge in [-0.2, -0.15) is 8.78 Å². The molecule has 0 saturated heterocycles. The number of carbonyl (C=O) groups is 1. The lowest BCUT2D eigenvalue weighted by molar-refractivity contribution is -0.120. The van der Waals surface area contributed by atoms with E-state index >= 15 is 0 Å². The zero-order valence-electron chi connectivity index (χ0n) is 15.3. The van der Waals surface area contributed by atoms with E-state index in [0.717, 1.165) is 25.7 Å². The summed E-state index contributed by atoms with van der Waals surface area (Å²) in [6.45, 7) is -2.53. The van der Waals surface area contributed by atoms with Gasteiger partial charge in [-0.25, -0.2) is 0 Å². The Bertz CT molecular complexity index is 611. The van der Waals surface area contributed by atoms with Crippen molar-refractivity contribution in [2.24, 2.45) is 4.99 Å². The lowest BCUT2D eigenvalue weighted by atomic mass is 9.95. The van der Waals surface area contributed by atoms with Gasteiger partial charge in [-0.05, 0) is 18.9 Å². The van der Waals surface area contributed by atoms with Crippen LogP contribution < -0.4 is 20.7 Å². The summed E-state index contributed by atoms with van der Waals surface area (Å²) in [6.07, 6.45) is 5.60. The van der Waals surface area contributed by atoms with Crippen LogP contribution in [0, 0.1) is 0 Å². The van der Waals surface area contributed by atoms with Crippen LogP contribution in [0.2, 0.25) is 0 Å². The topological polar surface area (TPSA) is 74.8 Å². The van der Waals surface area contributed by atoms with Gasteiger partial charge in [0.05, 0.1) is 6.54 Å². The molecule has 2 rings (SSSR count). The van der Waals surface area contributed by atoms with Crippen LogP contribution in [-0.2, 0) is 11.3 Å². The molecule has 1 aromatic carbocycles. The van der Waals surface area contributed by atoms with E-state index in [1.54, 1.807) is 25.2 Å². The number of amides is 1. The molecule has 1 saturated carbocycles. The highest BCUT2D eigenvalue weighted by Crippen LogP contribution is 2.20. The number of nitrogens with zero attached hydrogens (tertiary/aromatic N) is 1. The minimum absolute atomic E-state index is 0. The Labute approximate surface area is 175 Å². The van der Waals surface area contributed by atoms with Crippen LogP contribution in [0.15, 0.2) is 29.3 Å². The van der Waals surface area contributed by atoms with Crippen molar-refractivity contribution in [1.82, 2.24) is 16.0 Å². The molecule has 0 atom stereocenters. The molecule has 0 aromatic heterocycles. The number of carbonyl (C=O) groups excluding carboxylic acids is 1. The number of hydrogen-bond acceptors (Lipinski definition) is 3. The fraction of sp³-hybridized carbons (Fsp3) is 0.556. The van der Waals surface area contributed by atoms with Gasteiger partial charge in [-0.3, -0.25) is 9.79 Å². The van der Waals surface area contributed by atoms with E-state index in [-0.39, 0.29) is 54.8 Å². The first-order chi connectivity index (χ1) is 12.6. The average Bonchev–Trinajstić information content (AvgIpc) is 2.63. The van der Waals surface area contributed by atoms with Crippen molar-refractivity contribution in [2.45, 2.75) is 51.3 Å². The van der Waals surface area contributed by atoms with Gasteiger partial charge in [0.25, 0.3) is 0 Å². The van der Waals surface area contributed by atoms with Crippen molar-refractivity contribution < 1.29 is 18.3 Å². The summed E-state index contributed by atoms with van der Waals surface area (Å²) in [5.74, 6) is 0.442. The summed E-state index contributed by atoms with van der Waals surface area (Å²) < 4.78 is 29.4. The van der Waals surface area contributed by atoms with E-state index in [9.17, 15) is 13.6 Å². The number of nitrogens with one attached hydrogen (secondary N) is 3. The number of ether oxygens (including phenoxy) is 1. The summed E-state index contributed by atoms with van der Waals surface area (Å²) in [4.78, 5) is 16.1. The smallest absolute Gasteiger partial charge is 0.387 e. The molecule has 1 amide bonds. The second-order valence-corrected chi connectivity index (χ2v) is 6.17. The molecule has 0 radical (unpaired) electrons. The van der Waals surface area contributed by atoms with Crippen LogP contribution in [0.3, 0.4) is 0 Å². The first kappa shape index (κ1) is 23.4. The third-order valence-electron chi connectivity index (χ3n) is 4.25. The number of rotatable bonds is 7. The molecular formula is C18H27F2IN4O2. The Balaban J connectivity index is 0.00000364. The highest BCUT2D eigenvalue weighted by Gasteiger charge is 2.15. The van der Waals surface area contributed by atoms with Crippen molar-refractivity contribution >= 4 is 35.8 Å². The van der Waals surface area contributed by atoms with E-state index in [1.165, 1.54) is 12.5 Å². The quantitative estimate of drug-likeness (QED) is 0.308. The van der Waals surface area contributed by atoms with Gasteiger partial charge in [-0.1, -0.05) is 37.5 Å². The molecule has 9 heteroatoms. The SMILES string of the molecule is CN=C(NCC(=O)NC1CCCCC1)NCc1ccccc1OC(F)F.I. The molecule has 1 fully saturated rings. The molecule has 0 bridgehead atoms. The number of halogens is 3. The van der Waals surface area contributed by atoms with E-state index < -0.39 is 6.61 Å². The van der Waals surface area contributed by atoms with Crippen LogP contribution in [0.25, 0.3) is 0 Å². The fourth-order valence-electron chi connectivity index (χ4n) is 2.95. The molecule has 27 heavy (non-hydrogen) atoms. The van der Waals surface area contributed by atoms with Gasteiger partial charge in [-0.15, -0.1) is 24.0 Å². The lowest BCUT2D eigenvalue weighted by Gasteiger charge is -2.23. The maximum absolute atomic E-state index is 12.4. The highest BCUT2D eigenvalue weighted by molar-refractivity contribution is 14.0. The third kappa shape index (κ3) is 8.72. The maximum atomic E-state index is 12.4. The average molecular weight is 496 g/mol. The molecular weight excluding hydrogens is 469 g/mol. The molecule has 0 unspecified atom stereocenters. The molecule has 152 valence electrons. The number of aliphatic imine (C=N–C) groups is 1. The Morgan fingerprint density at radius 2 is 1.93 bits per heavy atom. The van der Waals surface area contributed by atoms with Gasteiger partial charge in [0.15, 0.2) is 5.96 Å². The van der Waals surface area contributed by atoms with Crippen LogP contribution >= 0.6 is 24.0 Å². The zero-order chi connectivity index (χ0) is 18.8.